The van der Waals surface area contributed by atoms with E-state index in [1.165, 1.54) is 36.3 Å². The van der Waals surface area contributed by atoms with Gasteiger partial charge >= 0.3 is 0 Å². The number of halogens is 2. The summed E-state index contributed by atoms with van der Waals surface area (Å²) in [6.07, 6.45) is 2.51. The van der Waals surface area contributed by atoms with Gasteiger partial charge in [0.25, 0.3) is 0 Å². The Balaban J connectivity index is 1.78. The van der Waals surface area contributed by atoms with Gasteiger partial charge in [0, 0.05) is 29.1 Å². The molecule has 3 rings (SSSR count). The second-order valence-electron chi connectivity index (χ2n) is 4.60. The van der Waals surface area contributed by atoms with Crippen LogP contribution in [0.4, 0.5) is 8.78 Å². The molecule has 18 heavy (non-hydrogen) atoms. The third-order valence-corrected chi connectivity index (χ3v) is 4.03. The maximum absolute atomic E-state index is 13.6. The van der Waals surface area contributed by atoms with Crippen LogP contribution in [0.15, 0.2) is 29.6 Å². The summed E-state index contributed by atoms with van der Waals surface area (Å²) in [4.78, 5) is 0.847. The van der Waals surface area contributed by atoms with Crippen molar-refractivity contribution in [2.75, 3.05) is 0 Å². The molecule has 1 aromatic heterocycles. The molecule has 1 fully saturated rings. The Morgan fingerprint density at radius 2 is 2.06 bits per heavy atom. The van der Waals surface area contributed by atoms with Crippen molar-refractivity contribution in [2.24, 2.45) is 0 Å². The summed E-state index contributed by atoms with van der Waals surface area (Å²) in [5.74, 6) is -1.04. The lowest BCUT2D eigenvalue weighted by molar-refractivity contribution is 0.586. The van der Waals surface area contributed by atoms with Crippen LogP contribution in [0.5, 0.6) is 0 Å². The van der Waals surface area contributed by atoms with Crippen LogP contribution in [-0.4, -0.2) is 6.04 Å². The zero-order valence-corrected chi connectivity index (χ0v) is 10.6. The first-order valence-electron chi connectivity index (χ1n) is 5.98. The van der Waals surface area contributed by atoms with E-state index in [9.17, 15) is 8.78 Å². The molecule has 0 unspecified atom stereocenters. The van der Waals surface area contributed by atoms with Gasteiger partial charge in [-0.25, -0.2) is 8.78 Å². The molecule has 0 aliphatic heterocycles. The van der Waals surface area contributed by atoms with E-state index in [0.717, 1.165) is 23.1 Å². The van der Waals surface area contributed by atoms with E-state index in [2.05, 4.69) is 5.32 Å². The van der Waals surface area contributed by atoms with E-state index in [0.29, 0.717) is 11.6 Å². The molecule has 1 aromatic carbocycles. The van der Waals surface area contributed by atoms with Crippen molar-refractivity contribution in [3.63, 3.8) is 0 Å². The number of hydrogen-bond acceptors (Lipinski definition) is 2. The first-order chi connectivity index (χ1) is 8.72. The molecule has 0 bridgehead atoms. The number of rotatable bonds is 4. The summed E-state index contributed by atoms with van der Waals surface area (Å²) in [6.45, 7) is 0.823. The Morgan fingerprint density at radius 3 is 2.78 bits per heavy atom. The van der Waals surface area contributed by atoms with Gasteiger partial charge < -0.3 is 5.32 Å². The highest BCUT2D eigenvalue weighted by Gasteiger charge is 2.20. The van der Waals surface area contributed by atoms with Gasteiger partial charge in [0.1, 0.15) is 11.6 Å². The van der Waals surface area contributed by atoms with Crippen molar-refractivity contribution in [2.45, 2.75) is 25.4 Å². The van der Waals surface area contributed by atoms with E-state index in [1.807, 2.05) is 11.4 Å². The van der Waals surface area contributed by atoms with Gasteiger partial charge in [0.15, 0.2) is 0 Å². The summed E-state index contributed by atoms with van der Waals surface area (Å²) in [7, 11) is 0. The van der Waals surface area contributed by atoms with Crippen LogP contribution in [-0.2, 0) is 6.54 Å². The van der Waals surface area contributed by atoms with E-state index in [-0.39, 0.29) is 0 Å². The van der Waals surface area contributed by atoms with Crippen molar-refractivity contribution in [3.8, 4) is 10.4 Å². The number of benzene rings is 1. The van der Waals surface area contributed by atoms with Gasteiger partial charge in [-0.2, -0.15) is 0 Å². The predicted octanol–water partition coefficient (Wildman–Crippen LogP) is 3.95. The zero-order chi connectivity index (χ0) is 12.5. The maximum Gasteiger partial charge on any atom is 0.134 e. The van der Waals surface area contributed by atoms with Gasteiger partial charge in [-0.05, 0) is 42.0 Å². The molecule has 2 aromatic rings. The van der Waals surface area contributed by atoms with Gasteiger partial charge in [-0.3, -0.25) is 0 Å². The lowest BCUT2D eigenvalue weighted by Gasteiger charge is -2.00. The smallest absolute Gasteiger partial charge is 0.134 e. The molecule has 0 spiro atoms. The molecule has 1 saturated carbocycles. The van der Waals surface area contributed by atoms with Gasteiger partial charge in [0.2, 0.25) is 0 Å². The van der Waals surface area contributed by atoms with Gasteiger partial charge in [-0.15, -0.1) is 11.3 Å². The highest BCUT2D eigenvalue weighted by Crippen LogP contribution is 2.30. The van der Waals surface area contributed by atoms with Crippen molar-refractivity contribution >= 4 is 11.3 Å². The van der Waals surface area contributed by atoms with Crippen LogP contribution in [0, 0.1) is 11.6 Å². The van der Waals surface area contributed by atoms with Crippen molar-refractivity contribution < 1.29 is 8.78 Å². The fourth-order valence-corrected chi connectivity index (χ4v) is 2.79. The second-order valence-corrected chi connectivity index (χ2v) is 5.51. The number of thiophene rings is 1. The molecule has 0 atom stereocenters. The molecule has 0 saturated heterocycles. The highest BCUT2D eigenvalue weighted by molar-refractivity contribution is 7.13. The Kier molecular flexibility index (Phi) is 3.14. The third kappa shape index (κ3) is 2.60. The van der Waals surface area contributed by atoms with E-state index < -0.39 is 11.6 Å². The molecule has 1 nitrogen and oxygen atoms in total. The molecule has 94 valence electrons. The quantitative estimate of drug-likeness (QED) is 0.882. The topological polar surface area (TPSA) is 12.0 Å². The minimum Gasteiger partial charge on any atom is -0.310 e. The molecule has 1 aliphatic carbocycles. The van der Waals surface area contributed by atoms with E-state index >= 15 is 0 Å². The third-order valence-electron chi connectivity index (χ3n) is 3.02. The van der Waals surface area contributed by atoms with Crippen molar-refractivity contribution in [1.82, 2.24) is 5.32 Å². The average molecular weight is 265 g/mol. The van der Waals surface area contributed by atoms with Crippen LogP contribution in [0.3, 0.4) is 0 Å². The molecule has 1 aliphatic rings. The van der Waals surface area contributed by atoms with E-state index in [1.54, 1.807) is 0 Å². The van der Waals surface area contributed by atoms with Crippen LogP contribution in [0.2, 0.25) is 0 Å². The molecule has 1 N–H and O–H groups in total. The minimum absolute atomic E-state index is 0.471. The summed E-state index contributed by atoms with van der Waals surface area (Å²) < 4.78 is 26.5. The van der Waals surface area contributed by atoms with Crippen LogP contribution in [0.1, 0.15) is 18.4 Å². The summed E-state index contributed by atoms with van der Waals surface area (Å²) in [6, 6.07) is 6.35. The second kappa shape index (κ2) is 4.78. The molecule has 0 amide bonds. The van der Waals surface area contributed by atoms with Crippen LogP contribution in [0.25, 0.3) is 10.4 Å². The largest absolute Gasteiger partial charge is 0.310 e. The van der Waals surface area contributed by atoms with Crippen LogP contribution >= 0.6 is 11.3 Å². The zero-order valence-electron chi connectivity index (χ0n) is 9.75. The fraction of sp³-hybridized carbons (Fsp3) is 0.286. The molecular formula is C14H13F2NS. The van der Waals surface area contributed by atoms with Gasteiger partial charge in [0.05, 0.1) is 0 Å². The fourth-order valence-electron chi connectivity index (χ4n) is 1.85. The molecule has 1 heterocycles. The molecular weight excluding hydrogens is 252 g/mol. The first-order valence-corrected chi connectivity index (χ1v) is 6.86. The molecule has 4 heteroatoms. The number of nitrogens with one attached hydrogen (secondary N) is 1. The number of hydrogen-bond donors (Lipinski definition) is 1. The molecule has 0 radical (unpaired) electrons. The lowest BCUT2D eigenvalue weighted by atomic mass is 10.1. The average Bonchev–Trinajstić information content (AvgIpc) is 3.05. The normalized spacial score (nSPS) is 15.0. The highest BCUT2D eigenvalue weighted by atomic mass is 32.1. The van der Waals surface area contributed by atoms with Crippen molar-refractivity contribution in [3.05, 3.63) is 46.8 Å². The summed E-state index contributed by atoms with van der Waals surface area (Å²) in [5, 5.41) is 5.44. The monoisotopic (exact) mass is 265 g/mol. The maximum atomic E-state index is 13.6. The summed E-state index contributed by atoms with van der Waals surface area (Å²) in [5.41, 5.74) is 1.63. The SMILES string of the molecule is Fc1ccc(-c2cc(CNC3CC3)cs2)c(F)c1. The Bertz CT molecular complexity index is 561. The Labute approximate surface area is 108 Å². The lowest BCUT2D eigenvalue weighted by Crippen LogP contribution is -2.14. The summed E-state index contributed by atoms with van der Waals surface area (Å²) >= 11 is 1.49. The Hall–Kier alpha value is -1.26. The van der Waals surface area contributed by atoms with E-state index in [4.69, 9.17) is 0 Å². The standard InChI is InChI=1S/C14H13F2NS/c15-10-1-4-12(13(16)6-10)14-5-9(8-18-14)7-17-11-2-3-11/h1,4-6,8,11,17H,2-3,7H2. The van der Waals surface area contributed by atoms with Crippen molar-refractivity contribution in [1.29, 1.82) is 0 Å². The van der Waals surface area contributed by atoms with Gasteiger partial charge in [-0.1, -0.05) is 0 Å². The first kappa shape index (κ1) is 11.8. The minimum atomic E-state index is -0.538. The Morgan fingerprint density at radius 1 is 1.22 bits per heavy atom. The predicted molar refractivity (Wildman–Crippen MR) is 69.5 cm³/mol. The van der Waals surface area contributed by atoms with Crippen LogP contribution < -0.4 is 5.32 Å².